The molecular formula is C13H27NO2. The molecule has 3 unspecified atom stereocenters. The zero-order valence-electron chi connectivity index (χ0n) is 11.4. The molecule has 3 atom stereocenters. The number of hydrogen-bond donors (Lipinski definition) is 1. The number of methoxy groups -OCH3 is 2. The van der Waals surface area contributed by atoms with Crippen molar-refractivity contribution in [1.29, 1.82) is 0 Å². The predicted molar refractivity (Wildman–Crippen MR) is 66.6 cm³/mol. The summed E-state index contributed by atoms with van der Waals surface area (Å²) in [5.74, 6) is 0.759. The normalized spacial score (nSPS) is 30.6. The minimum absolute atomic E-state index is 0.168. The summed E-state index contributed by atoms with van der Waals surface area (Å²) < 4.78 is 10.5. The van der Waals surface area contributed by atoms with E-state index in [1.807, 2.05) is 0 Å². The van der Waals surface area contributed by atoms with E-state index in [4.69, 9.17) is 9.47 Å². The van der Waals surface area contributed by atoms with Crippen LogP contribution in [0.25, 0.3) is 0 Å². The van der Waals surface area contributed by atoms with Crippen LogP contribution in [0.15, 0.2) is 0 Å². The zero-order chi connectivity index (χ0) is 12.2. The standard InChI is InChI=1S/C13H27NO2/c1-10-6-13(2,3)7-12(10)14-8-11(16-5)9-15-4/h10-12,14H,6-9H2,1-5H3. The summed E-state index contributed by atoms with van der Waals surface area (Å²) in [7, 11) is 3.46. The van der Waals surface area contributed by atoms with Crippen LogP contribution in [0, 0.1) is 11.3 Å². The minimum atomic E-state index is 0.168. The molecule has 0 heterocycles. The van der Waals surface area contributed by atoms with Gasteiger partial charge in [-0.1, -0.05) is 20.8 Å². The van der Waals surface area contributed by atoms with E-state index < -0.39 is 0 Å². The highest BCUT2D eigenvalue weighted by atomic mass is 16.5. The van der Waals surface area contributed by atoms with Crippen LogP contribution in [-0.2, 0) is 9.47 Å². The second-order valence-corrected chi connectivity index (χ2v) is 5.88. The summed E-state index contributed by atoms with van der Waals surface area (Å²) in [5.41, 5.74) is 0.487. The molecule has 3 heteroatoms. The molecule has 1 aliphatic carbocycles. The van der Waals surface area contributed by atoms with E-state index >= 15 is 0 Å². The van der Waals surface area contributed by atoms with Gasteiger partial charge in [-0.2, -0.15) is 0 Å². The van der Waals surface area contributed by atoms with Crippen LogP contribution in [0.5, 0.6) is 0 Å². The Bertz CT molecular complexity index is 206. The molecule has 1 rings (SSSR count). The van der Waals surface area contributed by atoms with Crippen LogP contribution in [0.4, 0.5) is 0 Å². The van der Waals surface area contributed by atoms with Gasteiger partial charge in [0.25, 0.3) is 0 Å². The van der Waals surface area contributed by atoms with Crippen molar-refractivity contribution in [2.45, 2.75) is 45.8 Å². The van der Waals surface area contributed by atoms with Gasteiger partial charge in [-0.15, -0.1) is 0 Å². The van der Waals surface area contributed by atoms with Crippen molar-refractivity contribution in [2.75, 3.05) is 27.4 Å². The molecule has 0 aromatic carbocycles. The van der Waals surface area contributed by atoms with Crippen LogP contribution >= 0.6 is 0 Å². The van der Waals surface area contributed by atoms with E-state index in [2.05, 4.69) is 26.1 Å². The predicted octanol–water partition coefficient (Wildman–Crippen LogP) is 2.06. The highest BCUT2D eigenvalue weighted by molar-refractivity contribution is 4.91. The Kier molecular flexibility index (Phi) is 5.22. The van der Waals surface area contributed by atoms with Crippen molar-refractivity contribution in [3.8, 4) is 0 Å². The van der Waals surface area contributed by atoms with E-state index in [0.29, 0.717) is 18.1 Å². The number of ether oxygens (including phenoxy) is 2. The summed E-state index contributed by atoms with van der Waals surface area (Å²) in [5, 5.41) is 3.62. The molecule has 0 spiro atoms. The molecule has 0 aliphatic heterocycles. The van der Waals surface area contributed by atoms with Crippen molar-refractivity contribution in [2.24, 2.45) is 11.3 Å². The SMILES string of the molecule is COCC(CNC1CC(C)(C)CC1C)OC. The van der Waals surface area contributed by atoms with Gasteiger partial charge >= 0.3 is 0 Å². The van der Waals surface area contributed by atoms with Gasteiger partial charge in [0.1, 0.15) is 0 Å². The van der Waals surface area contributed by atoms with Gasteiger partial charge in [-0.05, 0) is 24.2 Å². The van der Waals surface area contributed by atoms with Gasteiger partial charge in [0.05, 0.1) is 12.7 Å². The van der Waals surface area contributed by atoms with Gasteiger partial charge in [0.2, 0.25) is 0 Å². The molecule has 0 bridgehead atoms. The summed E-state index contributed by atoms with van der Waals surface area (Å²) in [6.45, 7) is 8.59. The maximum absolute atomic E-state index is 5.35. The average molecular weight is 229 g/mol. The third-order valence-corrected chi connectivity index (χ3v) is 3.63. The first kappa shape index (κ1) is 13.9. The maximum atomic E-state index is 5.35. The summed E-state index contributed by atoms with van der Waals surface area (Å²) in [6.07, 6.45) is 2.74. The molecular weight excluding hydrogens is 202 g/mol. The van der Waals surface area contributed by atoms with Gasteiger partial charge in [-0.3, -0.25) is 0 Å². The van der Waals surface area contributed by atoms with Crippen LogP contribution in [-0.4, -0.2) is 39.5 Å². The van der Waals surface area contributed by atoms with Crippen molar-refractivity contribution >= 4 is 0 Å². The lowest BCUT2D eigenvalue weighted by atomic mass is 9.91. The second-order valence-electron chi connectivity index (χ2n) is 5.88. The molecule has 0 aromatic heterocycles. The van der Waals surface area contributed by atoms with Crippen LogP contribution in [0.2, 0.25) is 0 Å². The third-order valence-electron chi connectivity index (χ3n) is 3.63. The van der Waals surface area contributed by atoms with Crippen LogP contribution in [0.1, 0.15) is 33.6 Å². The van der Waals surface area contributed by atoms with E-state index in [9.17, 15) is 0 Å². The molecule has 3 nitrogen and oxygen atoms in total. The van der Waals surface area contributed by atoms with Gasteiger partial charge < -0.3 is 14.8 Å². The first-order valence-electron chi connectivity index (χ1n) is 6.23. The smallest absolute Gasteiger partial charge is 0.0928 e. The molecule has 96 valence electrons. The Balaban J connectivity index is 2.32. The van der Waals surface area contributed by atoms with Crippen molar-refractivity contribution in [3.63, 3.8) is 0 Å². The largest absolute Gasteiger partial charge is 0.382 e. The number of nitrogens with one attached hydrogen (secondary N) is 1. The Hall–Kier alpha value is -0.120. The molecule has 1 fully saturated rings. The van der Waals surface area contributed by atoms with Crippen LogP contribution < -0.4 is 5.32 Å². The second kappa shape index (κ2) is 5.99. The lowest BCUT2D eigenvalue weighted by Gasteiger charge is -2.22. The highest BCUT2D eigenvalue weighted by Gasteiger charge is 2.36. The summed E-state index contributed by atoms with van der Waals surface area (Å²) in [6, 6.07) is 0.629. The van der Waals surface area contributed by atoms with Crippen molar-refractivity contribution in [1.82, 2.24) is 5.32 Å². The van der Waals surface area contributed by atoms with Gasteiger partial charge in [-0.25, -0.2) is 0 Å². The summed E-state index contributed by atoms with van der Waals surface area (Å²) in [4.78, 5) is 0. The minimum Gasteiger partial charge on any atom is -0.382 e. The Morgan fingerprint density at radius 1 is 1.31 bits per heavy atom. The maximum Gasteiger partial charge on any atom is 0.0928 e. The molecule has 16 heavy (non-hydrogen) atoms. The fourth-order valence-corrected chi connectivity index (χ4v) is 2.85. The molecule has 1 aliphatic rings. The molecule has 0 aromatic rings. The molecule has 0 radical (unpaired) electrons. The molecule has 1 N–H and O–H groups in total. The number of hydrogen-bond acceptors (Lipinski definition) is 3. The zero-order valence-corrected chi connectivity index (χ0v) is 11.4. The number of rotatable bonds is 6. The highest BCUT2D eigenvalue weighted by Crippen LogP contribution is 2.40. The lowest BCUT2D eigenvalue weighted by Crippen LogP contribution is -2.39. The van der Waals surface area contributed by atoms with E-state index in [-0.39, 0.29) is 6.10 Å². The topological polar surface area (TPSA) is 30.5 Å². The molecule has 0 saturated heterocycles. The fourth-order valence-electron chi connectivity index (χ4n) is 2.85. The first-order chi connectivity index (χ1) is 7.48. The van der Waals surface area contributed by atoms with Crippen molar-refractivity contribution < 1.29 is 9.47 Å². The van der Waals surface area contributed by atoms with Crippen LogP contribution in [0.3, 0.4) is 0 Å². The summed E-state index contributed by atoms with van der Waals surface area (Å²) >= 11 is 0. The fraction of sp³-hybridized carbons (Fsp3) is 1.00. The van der Waals surface area contributed by atoms with Gasteiger partial charge in [0, 0.05) is 26.8 Å². The Morgan fingerprint density at radius 2 is 2.00 bits per heavy atom. The van der Waals surface area contributed by atoms with E-state index in [1.54, 1.807) is 14.2 Å². The van der Waals surface area contributed by atoms with Crippen molar-refractivity contribution in [3.05, 3.63) is 0 Å². The first-order valence-corrected chi connectivity index (χ1v) is 6.23. The quantitative estimate of drug-likeness (QED) is 0.756. The Morgan fingerprint density at radius 3 is 2.44 bits per heavy atom. The third kappa shape index (κ3) is 4.04. The van der Waals surface area contributed by atoms with E-state index in [0.717, 1.165) is 12.5 Å². The lowest BCUT2D eigenvalue weighted by molar-refractivity contribution is 0.0266. The Labute approximate surface area is 99.9 Å². The van der Waals surface area contributed by atoms with E-state index in [1.165, 1.54) is 12.8 Å². The molecule has 1 saturated carbocycles. The average Bonchev–Trinajstić information content (AvgIpc) is 2.46. The van der Waals surface area contributed by atoms with Gasteiger partial charge in [0.15, 0.2) is 0 Å². The monoisotopic (exact) mass is 229 g/mol. The molecule has 0 amide bonds.